The van der Waals surface area contributed by atoms with Gasteiger partial charge >= 0.3 is 122 Å². The van der Waals surface area contributed by atoms with E-state index in [4.69, 9.17) is 0 Å². The molecule has 0 radical (unpaired) electrons. The van der Waals surface area contributed by atoms with Crippen molar-refractivity contribution < 1.29 is 13.4 Å². The van der Waals surface area contributed by atoms with E-state index in [2.05, 4.69) is 3.97 Å². The average molecular weight is 340 g/mol. The molecule has 0 fully saturated rings. The molecular weight excluding hydrogens is 321 g/mol. The summed E-state index contributed by atoms with van der Waals surface area (Å²) in [6.45, 7) is 0. The molecule has 0 aliphatic rings. The van der Waals surface area contributed by atoms with Gasteiger partial charge in [0.1, 0.15) is 0 Å². The molecule has 2 aromatic carbocycles. The Bertz CT molecular complexity index is 545. The minimum atomic E-state index is -3.56. The Kier molecular flexibility index (Phi) is 4.81. The third-order valence-electron chi connectivity index (χ3n) is 3.05. The van der Waals surface area contributed by atoms with Gasteiger partial charge in [0.25, 0.3) is 0 Å². The van der Waals surface area contributed by atoms with E-state index in [0.717, 1.165) is 11.3 Å². The zero-order chi connectivity index (χ0) is 14.6. The van der Waals surface area contributed by atoms with Gasteiger partial charge in [-0.25, -0.2) is 0 Å². The van der Waals surface area contributed by atoms with Crippen LogP contribution in [0, 0.1) is 0 Å². The Labute approximate surface area is 122 Å². The van der Waals surface area contributed by atoms with Crippen LogP contribution in [0.3, 0.4) is 0 Å². The molecule has 0 saturated carbocycles. The summed E-state index contributed by atoms with van der Waals surface area (Å²) in [6.07, 6.45) is 0. The van der Waals surface area contributed by atoms with E-state index in [-0.39, 0.29) is 0 Å². The van der Waals surface area contributed by atoms with Gasteiger partial charge in [-0.3, -0.25) is 0 Å². The fourth-order valence-corrected chi connectivity index (χ4v) is 5.08. The maximum atomic E-state index is 10.6. The van der Waals surface area contributed by atoms with Crippen molar-refractivity contribution in [1.82, 2.24) is 0 Å². The molecule has 2 rings (SSSR count). The first-order valence-electron chi connectivity index (χ1n) is 6.23. The summed E-state index contributed by atoms with van der Waals surface area (Å²) < 4.78 is 15.8. The molecule has 0 spiro atoms. The van der Waals surface area contributed by atoms with Crippen molar-refractivity contribution in [2.45, 2.75) is 5.32 Å². The number of benzene rings is 2. The first-order valence-corrected chi connectivity index (χ1v) is 9.76. The second kappa shape index (κ2) is 6.39. The van der Waals surface area contributed by atoms with Crippen molar-refractivity contribution in [3.8, 4) is 0 Å². The van der Waals surface area contributed by atoms with Crippen LogP contribution in [0.25, 0.3) is 0 Å². The van der Waals surface area contributed by atoms with Crippen LogP contribution in [0.1, 0.15) is 5.56 Å². The predicted octanol–water partition coefficient (Wildman–Crippen LogP) is 1.67. The third kappa shape index (κ3) is 3.39. The molecule has 0 aliphatic heterocycles. The predicted molar refractivity (Wildman–Crippen MR) is 82.2 cm³/mol. The topological polar surface area (TPSA) is 52.9 Å². The van der Waals surface area contributed by atoms with Crippen molar-refractivity contribution in [1.29, 1.82) is 0 Å². The Balaban J connectivity index is 2.26. The van der Waals surface area contributed by atoms with Crippen LogP contribution in [0.5, 0.6) is 0 Å². The third-order valence-corrected chi connectivity index (χ3v) is 7.20. The molecule has 0 heterocycles. The normalized spacial score (nSPS) is 15.4. The van der Waals surface area contributed by atoms with Gasteiger partial charge < -0.3 is 0 Å². The molecule has 0 amide bonds. The van der Waals surface area contributed by atoms with Gasteiger partial charge in [-0.05, 0) is 0 Å². The van der Waals surface area contributed by atoms with Crippen LogP contribution >= 0.6 is 0 Å². The van der Waals surface area contributed by atoms with Crippen molar-refractivity contribution in [3.63, 3.8) is 0 Å². The van der Waals surface area contributed by atoms with E-state index in [9.17, 15) is 9.45 Å². The van der Waals surface area contributed by atoms with Crippen molar-refractivity contribution in [2.75, 3.05) is 19.0 Å². The number of hydrogen-bond donors (Lipinski definition) is 2. The number of rotatable bonds is 5. The Morgan fingerprint density at radius 3 is 2.10 bits per heavy atom. The molecule has 1 unspecified atom stereocenters. The van der Waals surface area contributed by atoms with E-state index in [1.54, 1.807) is 0 Å². The summed E-state index contributed by atoms with van der Waals surface area (Å²) in [5.41, 5.74) is 1.98. The fourth-order valence-electron chi connectivity index (χ4n) is 1.91. The summed E-state index contributed by atoms with van der Waals surface area (Å²) in [5.74, 6) is 0. The number of nitrogens with zero attached hydrogens (tertiary/aromatic N) is 1. The van der Waals surface area contributed by atoms with E-state index < -0.39 is 13.5 Å². The second-order valence-electron chi connectivity index (χ2n) is 4.73. The van der Waals surface area contributed by atoms with Crippen molar-refractivity contribution in [2.24, 2.45) is 0 Å². The van der Waals surface area contributed by atoms with E-state index in [1.807, 2.05) is 73.6 Å². The quantitative estimate of drug-likeness (QED) is 0.494. The molecule has 4 nitrogen and oxygen atoms in total. The van der Waals surface area contributed by atoms with E-state index in [1.165, 1.54) is 0 Å². The van der Waals surface area contributed by atoms with Crippen LogP contribution < -0.4 is 9.36 Å². The van der Waals surface area contributed by atoms with Crippen LogP contribution in [0.15, 0.2) is 54.6 Å². The summed E-state index contributed by atoms with van der Waals surface area (Å²) in [6, 6.07) is 17.0. The monoisotopic (exact) mass is 341 g/mol. The zero-order valence-electron chi connectivity index (χ0n) is 11.6. The van der Waals surface area contributed by atoms with Gasteiger partial charge in [0.2, 0.25) is 0 Å². The summed E-state index contributed by atoms with van der Waals surface area (Å²) in [7, 11) is 3.90. The minimum absolute atomic E-state index is 0.329. The van der Waals surface area contributed by atoms with Crippen LogP contribution in [0.4, 0.5) is 5.69 Å². The van der Waals surface area contributed by atoms with Crippen LogP contribution in [-0.4, -0.2) is 37.0 Å². The van der Waals surface area contributed by atoms with E-state index >= 15 is 0 Å². The molecule has 5 heteroatoms. The Morgan fingerprint density at radius 2 is 1.60 bits per heavy atom. The molecule has 2 N–H and O–H groups in total. The van der Waals surface area contributed by atoms with Gasteiger partial charge in [0.15, 0.2) is 0 Å². The maximum absolute atomic E-state index is 10.6. The fraction of sp³-hybridized carbons (Fsp3) is 0.200. The molecular formula is C15H19NO3Se. The summed E-state index contributed by atoms with van der Waals surface area (Å²) in [4.78, 5) is 1.98. The zero-order valence-corrected chi connectivity index (χ0v) is 13.3. The van der Waals surface area contributed by atoms with E-state index in [0.29, 0.717) is 9.78 Å². The molecule has 0 bridgehead atoms. The molecule has 0 aliphatic carbocycles. The first kappa shape index (κ1) is 15.0. The Morgan fingerprint density at radius 1 is 1.00 bits per heavy atom. The molecule has 0 saturated heterocycles. The van der Waals surface area contributed by atoms with Gasteiger partial charge in [0, 0.05) is 0 Å². The Hall–Kier alpha value is -1.36. The van der Waals surface area contributed by atoms with Crippen molar-refractivity contribution >= 4 is 23.7 Å². The molecule has 108 valence electrons. The van der Waals surface area contributed by atoms with Crippen LogP contribution in [-0.2, 0) is 9.29 Å². The first-order chi connectivity index (χ1) is 9.55. The number of anilines is 1. The van der Waals surface area contributed by atoms with Gasteiger partial charge in [-0.15, -0.1) is 0 Å². The second-order valence-corrected chi connectivity index (χ2v) is 9.33. The SMILES string of the molecule is CN(C)c1ccc([Se](O)(Cc2ccccc2)OO)cc1. The summed E-state index contributed by atoms with van der Waals surface area (Å²) >= 11 is -3.56. The van der Waals surface area contributed by atoms with Crippen LogP contribution in [0.2, 0.25) is 0 Å². The van der Waals surface area contributed by atoms with Gasteiger partial charge in [-0.2, -0.15) is 0 Å². The number of hydrogen-bond acceptors (Lipinski definition) is 4. The van der Waals surface area contributed by atoms with Crippen molar-refractivity contribution in [3.05, 3.63) is 60.2 Å². The summed E-state index contributed by atoms with van der Waals surface area (Å²) in [5, 5.41) is 9.52. The molecule has 2 aromatic rings. The molecule has 20 heavy (non-hydrogen) atoms. The molecule has 0 aromatic heterocycles. The van der Waals surface area contributed by atoms with Gasteiger partial charge in [-0.1, -0.05) is 0 Å². The molecule has 1 atom stereocenters. The van der Waals surface area contributed by atoms with Gasteiger partial charge in [0.05, 0.1) is 0 Å². The average Bonchev–Trinajstić information content (AvgIpc) is 2.48. The standard InChI is InChI=1S/C15H19NO3Se/c1-16(2)14-8-10-15(11-9-14)20(18,19-17)12-13-6-4-3-5-7-13/h3-11,17-18H,12H2,1-2H3.